The van der Waals surface area contributed by atoms with E-state index in [0.717, 1.165) is 33.3 Å². The zero-order valence-corrected chi connectivity index (χ0v) is 15.9. The number of carbonyl (C=O) groups excluding carboxylic acids is 2. The zero-order valence-electron chi connectivity index (χ0n) is 15.0. The van der Waals surface area contributed by atoms with Gasteiger partial charge in [-0.05, 0) is 43.2 Å². The average molecular weight is 371 g/mol. The first kappa shape index (κ1) is 18.3. The van der Waals surface area contributed by atoms with Gasteiger partial charge in [-0.2, -0.15) is 0 Å². The molecule has 6 nitrogen and oxygen atoms in total. The van der Waals surface area contributed by atoms with Crippen LogP contribution < -0.4 is 15.0 Å². The second-order valence-electron chi connectivity index (χ2n) is 6.13. The Hall–Kier alpha value is -2.54. The molecule has 0 unspecified atom stereocenters. The van der Waals surface area contributed by atoms with Crippen molar-refractivity contribution in [1.29, 1.82) is 0 Å². The molecule has 26 heavy (non-hydrogen) atoms. The number of nitrogens with zero attached hydrogens (tertiary/aromatic N) is 2. The number of hydrogen-bond donors (Lipinski definition) is 1. The number of thioether (sulfide) groups is 1. The summed E-state index contributed by atoms with van der Waals surface area (Å²) in [6, 6.07) is 9.44. The monoisotopic (exact) mass is 371 g/mol. The quantitative estimate of drug-likeness (QED) is 0.874. The van der Waals surface area contributed by atoms with Gasteiger partial charge in [-0.3, -0.25) is 14.5 Å². The molecule has 3 rings (SSSR count). The third-order valence-corrected chi connectivity index (χ3v) is 5.06. The summed E-state index contributed by atoms with van der Waals surface area (Å²) < 4.78 is 5.18. The summed E-state index contributed by atoms with van der Waals surface area (Å²) in [4.78, 5) is 30.8. The number of pyridine rings is 1. The second-order valence-corrected chi connectivity index (χ2v) is 7.10. The summed E-state index contributed by atoms with van der Waals surface area (Å²) >= 11 is 1.42. The minimum Gasteiger partial charge on any atom is -0.497 e. The van der Waals surface area contributed by atoms with E-state index in [4.69, 9.17) is 4.74 Å². The molecule has 0 atom stereocenters. The predicted octanol–water partition coefficient (Wildman–Crippen LogP) is 2.46. The molecular weight excluding hydrogens is 350 g/mol. The molecule has 2 aromatic rings. The largest absolute Gasteiger partial charge is 0.497 e. The number of benzene rings is 1. The van der Waals surface area contributed by atoms with E-state index < -0.39 is 0 Å². The van der Waals surface area contributed by atoms with Gasteiger partial charge in [0.2, 0.25) is 11.8 Å². The van der Waals surface area contributed by atoms with E-state index in [9.17, 15) is 9.59 Å². The number of fused-ring (bicyclic) bond motifs is 1. The van der Waals surface area contributed by atoms with Crippen molar-refractivity contribution in [3.8, 4) is 5.75 Å². The van der Waals surface area contributed by atoms with Gasteiger partial charge in [0.25, 0.3) is 0 Å². The Kier molecular flexibility index (Phi) is 5.46. The molecule has 0 saturated carbocycles. The van der Waals surface area contributed by atoms with Crippen molar-refractivity contribution in [3.05, 3.63) is 47.2 Å². The summed E-state index contributed by atoms with van der Waals surface area (Å²) in [5.74, 6) is 0.754. The lowest BCUT2D eigenvalue weighted by atomic mass is 10.2. The Morgan fingerprint density at radius 1 is 1.35 bits per heavy atom. The van der Waals surface area contributed by atoms with Crippen molar-refractivity contribution in [2.75, 3.05) is 24.3 Å². The van der Waals surface area contributed by atoms with Crippen LogP contribution in [0.1, 0.15) is 16.8 Å². The van der Waals surface area contributed by atoms with Gasteiger partial charge in [0, 0.05) is 12.2 Å². The maximum absolute atomic E-state index is 12.4. The Morgan fingerprint density at radius 2 is 2.15 bits per heavy atom. The van der Waals surface area contributed by atoms with E-state index in [1.807, 2.05) is 44.2 Å². The van der Waals surface area contributed by atoms with Gasteiger partial charge in [0.1, 0.15) is 17.3 Å². The maximum Gasteiger partial charge on any atom is 0.240 e. The number of aryl methyl sites for hydroxylation is 2. The fraction of sp³-hybridized carbons (Fsp3) is 0.316. The lowest BCUT2D eigenvalue weighted by Gasteiger charge is -2.29. The van der Waals surface area contributed by atoms with Crippen LogP contribution in [-0.2, 0) is 16.1 Å². The maximum atomic E-state index is 12.4. The summed E-state index contributed by atoms with van der Waals surface area (Å²) in [7, 11) is 1.60. The molecule has 0 spiro atoms. The first-order chi connectivity index (χ1) is 12.5. The number of aromatic nitrogens is 1. The standard InChI is InChI=1S/C19H21N3O3S/c1-12-7-13(2)21-19-18(12)22(17(24)11-26-19)10-16(23)20-9-14-5-4-6-15(8-14)25-3/h4-8H,9-11H2,1-3H3,(H,20,23). The molecule has 0 bridgehead atoms. The second kappa shape index (κ2) is 7.78. The molecule has 7 heteroatoms. The van der Waals surface area contributed by atoms with Gasteiger partial charge in [-0.1, -0.05) is 23.9 Å². The summed E-state index contributed by atoms with van der Waals surface area (Å²) in [6.45, 7) is 4.23. The Bertz CT molecular complexity index is 854. The lowest BCUT2D eigenvalue weighted by molar-refractivity contribution is -0.123. The van der Waals surface area contributed by atoms with Crippen LogP contribution in [0.4, 0.5) is 5.69 Å². The fourth-order valence-electron chi connectivity index (χ4n) is 2.91. The number of amides is 2. The van der Waals surface area contributed by atoms with E-state index in [0.29, 0.717) is 12.3 Å². The molecule has 0 fully saturated rings. The van der Waals surface area contributed by atoms with Crippen molar-refractivity contribution in [1.82, 2.24) is 10.3 Å². The minimum atomic E-state index is -0.209. The fourth-order valence-corrected chi connectivity index (χ4v) is 3.94. The number of methoxy groups -OCH3 is 1. The highest BCUT2D eigenvalue weighted by Crippen LogP contribution is 2.36. The molecule has 1 aliphatic rings. The van der Waals surface area contributed by atoms with Crippen molar-refractivity contribution < 1.29 is 14.3 Å². The topological polar surface area (TPSA) is 71.5 Å². The highest BCUT2D eigenvalue weighted by Gasteiger charge is 2.29. The number of anilines is 1. The van der Waals surface area contributed by atoms with Gasteiger partial charge in [-0.25, -0.2) is 4.98 Å². The molecule has 136 valence electrons. The Balaban J connectivity index is 1.70. The predicted molar refractivity (Wildman–Crippen MR) is 102 cm³/mol. The average Bonchev–Trinajstić information content (AvgIpc) is 2.62. The highest BCUT2D eigenvalue weighted by atomic mass is 32.2. The first-order valence-corrected chi connectivity index (χ1v) is 9.27. The minimum absolute atomic E-state index is 0.0120. The molecule has 2 heterocycles. The number of ether oxygens (including phenoxy) is 1. The third kappa shape index (κ3) is 3.99. The van der Waals surface area contributed by atoms with Crippen LogP contribution in [0.5, 0.6) is 5.75 Å². The molecule has 1 aromatic carbocycles. The van der Waals surface area contributed by atoms with Crippen LogP contribution in [0.2, 0.25) is 0 Å². The summed E-state index contributed by atoms with van der Waals surface area (Å²) in [6.07, 6.45) is 0. The van der Waals surface area contributed by atoms with E-state index in [-0.39, 0.29) is 18.4 Å². The van der Waals surface area contributed by atoms with Crippen LogP contribution in [0.3, 0.4) is 0 Å². The molecule has 1 N–H and O–H groups in total. The third-order valence-electron chi connectivity index (χ3n) is 4.11. The van der Waals surface area contributed by atoms with Crippen LogP contribution in [-0.4, -0.2) is 36.2 Å². The highest BCUT2D eigenvalue weighted by molar-refractivity contribution is 8.00. The normalized spacial score (nSPS) is 13.3. The van der Waals surface area contributed by atoms with E-state index in [1.54, 1.807) is 7.11 Å². The van der Waals surface area contributed by atoms with E-state index in [1.165, 1.54) is 16.7 Å². The number of carbonyl (C=O) groups is 2. The Labute approximate surface area is 156 Å². The van der Waals surface area contributed by atoms with Crippen LogP contribution in [0.25, 0.3) is 0 Å². The van der Waals surface area contributed by atoms with Gasteiger partial charge in [0.05, 0.1) is 18.6 Å². The van der Waals surface area contributed by atoms with Crippen molar-refractivity contribution in [2.24, 2.45) is 0 Å². The van der Waals surface area contributed by atoms with E-state index >= 15 is 0 Å². The molecular formula is C19H21N3O3S. The van der Waals surface area contributed by atoms with Crippen molar-refractivity contribution in [3.63, 3.8) is 0 Å². The molecule has 0 saturated heterocycles. The SMILES string of the molecule is COc1cccc(CNC(=O)CN2C(=O)CSc3nc(C)cc(C)c32)c1. The summed E-state index contributed by atoms with van der Waals surface area (Å²) in [5.41, 5.74) is 3.54. The Morgan fingerprint density at radius 3 is 2.92 bits per heavy atom. The van der Waals surface area contributed by atoms with Gasteiger partial charge >= 0.3 is 0 Å². The molecule has 1 aromatic heterocycles. The molecule has 1 aliphatic heterocycles. The van der Waals surface area contributed by atoms with Crippen LogP contribution >= 0.6 is 11.8 Å². The van der Waals surface area contributed by atoms with Crippen molar-refractivity contribution in [2.45, 2.75) is 25.4 Å². The lowest BCUT2D eigenvalue weighted by Crippen LogP contribution is -2.43. The number of rotatable bonds is 5. The summed E-state index contributed by atoms with van der Waals surface area (Å²) in [5, 5.41) is 3.67. The van der Waals surface area contributed by atoms with Crippen LogP contribution in [0, 0.1) is 13.8 Å². The molecule has 2 amide bonds. The smallest absolute Gasteiger partial charge is 0.240 e. The van der Waals surface area contributed by atoms with E-state index in [2.05, 4.69) is 10.3 Å². The zero-order chi connectivity index (χ0) is 18.7. The van der Waals surface area contributed by atoms with Gasteiger partial charge in [0.15, 0.2) is 0 Å². The number of hydrogen-bond acceptors (Lipinski definition) is 5. The first-order valence-electron chi connectivity index (χ1n) is 8.29. The van der Waals surface area contributed by atoms with Gasteiger partial charge < -0.3 is 10.1 Å². The van der Waals surface area contributed by atoms with Crippen LogP contribution in [0.15, 0.2) is 35.4 Å². The number of nitrogens with one attached hydrogen (secondary N) is 1. The molecule has 0 aliphatic carbocycles. The molecule has 0 radical (unpaired) electrons. The van der Waals surface area contributed by atoms with Crippen molar-refractivity contribution >= 4 is 29.3 Å². The van der Waals surface area contributed by atoms with Gasteiger partial charge in [-0.15, -0.1) is 0 Å².